The summed E-state index contributed by atoms with van der Waals surface area (Å²) < 4.78 is 12.6. The van der Waals surface area contributed by atoms with Crippen LogP contribution in [-0.4, -0.2) is 29.7 Å². The quantitative estimate of drug-likeness (QED) is 0.749. The fourth-order valence-corrected chi connectivity index (χ4v) is 3.31. The van der Waals surface area contributed by atoms with Crippen molar-refractivity contribution < 1.29 is 13.9 Å². The Hall–Kier alpha value is -2.60. The zero-order chi connectivity index (χ0) is 16.7. The number of fused-ring (bicyclic) bond motifs is 3. The van der Waals surface area contributed by atoms with Crippen LogP contribution in [0, 0.1) is 0 Å². The number of nitrogens with zero attached hydrogens (tertiary/aromatic N) is 1. The monoisotopic (exact) mass is 326 g/mol. The first-order chi connectivity index (χ1) is 11.6. The number of hydrogen-bond acceptors (Lipinski definition) is 4. The van der Waals surface area contributed by atoms with Crippen LogP contribution in [0.15, 0.2) is 39.5 Å². The van der Waals surface area contributed by atoms with E-state index in [2.05, 4.69) is 5.32 Å². The standard InChI is InChI=1S/C18H18N2O4/c1-20-14(17(21)19-10-11-5-4-8-23-11)9-13-16(20)12-6-2-3-7-15(12)24-18(13)22/h2-3,6-7,9,11H,4-5,8,10H2,1H3,(H,19,21). The Morgan fingerprint density at radius 3 is 2.96 bits per heavy atom. The molecule has 4 rings (SSSR count). The summed E-state index contributed by atoms with van der Waals surface area (Å²) in [6, 6.07) is 8.93. The lowest BCUT2D eigenvalue weighted by molar-refractivity contribution is 0.0851. The van der Waals surface area contributed by atoms with Crippen LogP contribution in [0.2, 0.25) is 0 Å². The maximum absolute atomic E-state index is 12.5. The molecular formula is C18H18N2O4. The minimum absolute atomic E-state index is 0.0783. The summed E-state index contributed by atoms with van der Waals surface area (Å²) >= 11 is 0. The van der Waals surface area contributed by atoms with Gasteiger partial charge in [-0.25, -0.2) is 4.79 Å². The van der Waals surface area contributed by atoms with Gasteiger partial charge in [0.15, 0.2) is 0 Å². The zero-order valence-corrected chi connectivity index (χ0v) is 13.4. The molecule has 24 heavy (non-hydrogen) atoms. The van der Waals surface area contributed by atoms with Gasteiger partial charge in [0.2, 0.25) is 0 Å². The third-order valence-corrected chi connectivity index (χ3v) is 4.54. The largest absolute Gasteiger partial charge is 0.422 e. The average Bonchev–Trinajstić information content (AvgIpc) is 3.21. The maximum Gasteiger partial charge on any atom is 0.345 e. The Labute approximate surface area is 138 Å². The van der Waals surface area contributed by atoms with E-state index in [-0.39, 0.29) is 12.0 Å². The molecule has 3 aromatic rings. The van der Waals surface area contributed by atoms with Gasteiger partial charge in [-0.3, -0.25) is 4.79 Å². The number of amides is 1. The molecule has 124 valence electrons. The molecule has 0 radical (unpaired) electrons. The highest BCUT2D eigenvalue weighted by Crippen LogP contribution is 2.25. The first kappa shape index (κ1) is 15.0. The van der Waals surface area contributed by atoms with E-state index in [9.17, 15) is 9.59 Å². The highest BCUT2D eigenvalue weighted by atomic mass is 16.5. The second-order valence-corrected chi connectivity index (χ2v) is 6.08. The molecule has 1 N–H and O–H groups in total. The van der Waals surface area contributed by atoms with Crippen molar-refractivity contribution in [1.82, 2.24) is 9.88 Å². The van der Waals surface area contributed by atoms with Crippen LogP contribution in [0.4, 0.5) is 0 Å². The third-order valence-electron chi connectivity index (χ3n) is 4.54. The molecule has 1 aliphatic heterocycles. The van der Waals surface area contributed by atoms with Gasteiger partial charge in [-0.05, 0) is 31.0 Å². The number of para-hydroxylation sites is 1. The van der Waals surface area contributed by atoms with Crippen LogP contribution in [0.5, 0.6) is 0 Å². The highest BCUT2D eigenvalue weighted by Gasteiger charge is 2.20. The molecule has 6 nitrogen and oxygen atoms in total. The van der Waals surface area contributed by atoms with E-state index in [1.807, 2.05) is 18.2 Å². The molecule has 6 heteroatoms. The van der Waals surface area contributed by atoms with Gasteiger partial charge in [0.25, 0.3) is 5.91 Å². The smallest absolute Gasteiger partial charge is 0.345 e. The Balaban J connectivity index is 1.75. The van der Waals surface area contributed by atoms with Crippen LogP contribution in [-0.2, 0) is 11.8 Å². The average molecular weight is 326 g/mol. The lowest BCUT2D eigenvalue weighted by Gasteiger charge is -2.11. The fraction of sp³-hybridized carbons (Fsp3) is 0.333. The van der Waals surface area contributed by atoms with Crippen molar-refractivity contribution in [3.05, 3.63) is 46.4 Å². The predicted molar refractivity (Wildman–Crippen MR) is 90.3 cm³/mol. The van der Waals surface area contributed by atoms with Gasteiger partial charge in [0, 0.05) is 25.6 Å². The van der Waals surface area contributed by atoms with E-state index in [1.165, 1.54) is 0 Å². The summed E-state index contributed by atoms with van der Waals surface area (Å²) in [5.74, 6) is -0.215. The Kier molecular flexibility index (Phi) is 3.61. The van der Waals surface area contributed by atoms with Gasteiger partial charge in [0.05, 0.1) is 17.0 Å². The van der Waals surface area contributed by atoms with Gasteiger partial charge in [-0.2, -0.15) is 0 Å². The van der Waals surface area contributed by atoms with Crippen molar-refractivity contribution in [2.75, 3.05) is 13.2 Å². The van der Waals surface area contributed by atoms with E-state index >= 15 is 0 Å². The van der Waals surface area contributed by atoms with Crippen molar-refractivity contribution in [1.29, 1.82) is 0 Å². The molecule has 0 saturated carbocycles. The highest BCUT2D eigenvalue weighted by molar-refractivity contribution is 6.07. The molecule has 0 spiro atoms. The molecule has 1 atom stereocenters. The van der Waals surface area contributed by atoms with E-state index in [4.69, 9.17) is 9.15 Å². The van der Waals surface area contributed by atoms with Crippen LogP contribution < -0.4 is 10.9 Å². The number of ether oxygens (including phenoxy) is 1. The molecule has 1 fully saturated rings. The summed E-state index contributed by atoms with van der Waals surface area (Å²) in [6.07, 6.45) is 2.07. The molecule has 1 saturated heterocycles. The number of carbonyl (C=O) groups excluding carboxylic acids is 1. The second kappa shape index (κ2) is 5.79. The summed E-state index contributed by atoms with van der Waals surface area (Å²) in [6.45, 7) is 1.23. The predicted octanol–water partition coefficient (Wildman–Crippen LogP) is 2.19. The number of nitrogens with one attached hydrogen (secondary N) is 1. The topological polar surface area (TPSA) is 73.5 Å². The number of hydrogen-bond donors (Lipinski definition) is 1. The van der Waals surface area contributed by atoms with Crippen molar-refractivity contribution >= 4 is 27.8 Å². The molecule has 1 unspecified atom stereocenters. The van der Waals surface area contributed by atoms with Crippen molar-refractivity contribution in [3.63, 3.8) is 0 Å². The minimum atomic E-state index is -0.433. The fourth-order valence-electron chi connectivity index (χ4n) is 3.31. The van der Waals surface area contributed by atoms with Crippen LogP contribution in [0.25, 0.3) is 21.9 Å². The summed E-state index contributed by atoms with van der Waals surface area (Å²) in [5, 5.41) is 4.12. The van der Waals surface area contributed by atoms with Gasteiger partial charge < -0.3 is 19.0 Å². The number of rotatable bonds is 3. The van der Waals surface area contributed by atoms with Gasteiger partial charge >= 0.3 is 5.63 Å². The van der Waals surface area contributed by atoms with E-state index in [1.54, 1.807) is 23.7 Å². The van der Waals surface area contributed by atoms with Crippen LogP contribution in [0.1, 0.15) is 23.3 Å². The first-order valence-electron chi connectivity index (χ1n) is 8.06. The molecule has 1 aromatic carbocycles. The second-order valence-electron chi connectivity index (χ2n) is 6.08. The van der Waals surface area contributed by atoms with Crippen molar-refractivity contribution in [3.8, 4) is 0 Å². The molecule has 0 bridgehead atoms. The van der Waals surface area contributed by atoms with Crippen LogP contribution >= 0.6 is 0 Å². The van der Waals surface area contributed by atoms with Crippen molar-refractivity contribution in [2.24, 2.45) is 7.05 Å². The van der Waals surface area contributed by atoms with Gasteiger partial charge in [0.1, 0.15) is 11.3 Å². The minimum Gasteiger partial charge on any atom is -0.422 e. The Morgan fingerprint density at radius 1 is 1.33 bits per heavy atom. The molecular weight excluding hydrogens is 308 g/mol. The van der Waals surface area contributed by atoms with E-state index in [0.29, 0.717) is 28.7 Å². The maximum atomic E-state index is 12.5. The lowest BCUT2D eigenvalue weighted by Crippen LogP contribution is -2.32. The zero-order valence-electron chi connectivity index (χ0n) is 13.4. The molecule has 1 aliphatic rings. The van der Waals surface area contributed by atoms with Gasteiger partial charge in [-0.1, -0.05) is 12.1 Å². The Bertz CT molecular complexity index is 980. The number of aryl methyl sites for hydroxylation is 1. The van der Waals surface area contributed by atoms with Crippen molar-refractivity contribution in [2.45, 2.75) is 18.9 Å². The van der Waals surface area contributed by atoms with Gasteiger partial charge in [-0.15, -0.1) is 0 Å². The molecule has 1 amide bonds. The number of carbonyl (C=O) groups is 1. The van der Waals surface area contributed by atoms with E-state index in [0.717, 1.165) is 24.8 Å². The summed E-state index contributed by atoms with van der Waals surface area (Å²) in [5.41, 5.74) is 1.23. The molecule has 2 aromatic heterocycles. The summed E-state index contributed by atoms with van der Waals surface area (Å²) in [4.78, 5) is 24.7. The number of benzene rings is 1. The lowest BCUT2D eigenvalue weighted by atomic mass is 10.2. The van der Waals surface area contributed by atoms with E-state index < -0.39 is 5.63 Å². The van der Waals surface area contributed by atoms with Crippen LogP contribution in [0.3, 0.4) is 0 Å². The normalized spacial score (nSPS) is 17.6. The third kappa shape index (κ3) is 2.39. The first-order valence-corrected chi connectivity index (χ1v) is 8.06. The summed E-state index contributed by atoms with van der Waals surface area (Å²) in [7, 11) is 1.79. The molecule has 0 aliphatic carbocycles. The molecule has 3 heterocycles. The SMILES string of the molecule is Cn1c(C(=O)NCC2CCCO2)cc2c(=O)oc3ccccc3c21. The Morgan fingerprint density at radius 2 is 2.17 bits per heavy atom. The number of aromatic nitrogens is 1.